The SMILES string of the molecule is CN(C)CCN=C1CC2=CCC(=O)C2=C([N+](=O)[O-])C1. The first-order valence-electron chi connectivity index (χ1n) is 6.26. The maximum atomic E-state index is 11.7. The molecule has 0 aromatic heterocycles. The van der Waals surface area contributed by atoms with E-state index in [0.29, 0.717) is 18.5 Å². The second-order valence-corrected chi connectivity index (χ2v) is 5.04. The maximum Gasteiger partial charge on any atom is 0.262 e. The number of carbonyl (C=O) groups is 1. The van der Waals surface area contributed by atoms with Crippen LogP contribution in [0.5, 0.6) is 0 Å². The number of hydrogen-bond donors (Lipinski definition) is 0. The lowest BCUT2D eigenvalue weighted by molar-refractivity contribution is -0.427. The average molecular weight is 263 g/mol. The van der Waals surface area contributed by atoms with E-state index < -0.39 is 4.92 Å². The lowest BCUT2D eigenvalue weighted by Crippen LogP contribution is -2.21. The van der Waals surface area contributed by atoms with Gasteiger partial charge in [-0.2, -0.15) is 0 Å². The van der Waals surface area contributed by atoms with Crippen molar-refractivity contribution in [1.82, 2.24) is 4.90 Å². The molecular weight excluding hydrogens is 246 g/mol. The summed E-state index contributed by atoms with van der Waals surface area (Å²) in [6, 6.07) is 0. The molecule has 0 saturated heterocycles. The highest BCUT2D eigenvalue weighted by atomic mass is 16.6. The van der Waals surface area contributed by atoms with Gasteiger partial charge < -0.3 is 4.90 Å². The van der Waals surface area contributed by atoms with Gasteiger partial charge in [0.25, 0.3) is 5.70 Å². The standard InChI is InChI=1S/C13H17N3O3/c1-15(2)6-5-14-10-7-9-3-4-12(17)13(9)11(8-10)16(18)19/h3H,4-8H2,1-2H3. The van der Waals surface area contributed by atoms with Crippen molar-refractivity contribution < 1.29 is 9.72 Å². The second-order valence-electron chi connectivity index (χ2n) is 5.04. The third-order valence-corrected chi connectivity index (χ3v) is 3.29. The number of likely N-dealkylation sites (N-methyl/N-ethyl adjacent to an activating group) is 1. The van der Waals surface area contributed by atoms with Crippen molar-refractivity contribution in [2.75, 3.05) is 27.2 Å². The molecule has 0 fully saturated rings. The Hall–Kier alpha value is -1.82. The van der Waals surface area contributed by atoms with Crippen LogP contribution < -0.4 is 0 Å². The van der Waals surface area contributed by atoms with Gasteiger partial charge in [0.15, 0.2) is 5.78 Å². The van der Waals surface area contributed by atoms with Crippen molar-refractivity contribution >= 4 is 11.5 Å². The Kier molecular flexibility index (Phi) is 3.90. The number of hydrogen-bond acceptors (Lipinski definition) is 5. The van der Waals surface area contributed by atoms with E-state index in [-0.39, 0.29) is 24.3 Å². The van der Waals surface area contributed by atoms with Crippen LogP contribution in [0, 0.1) is 10.1 Å². The molecule has 0 unspecified atom stereocenters. The van der Waals surface area contributed by atoms with Crippen LogP contribution in [0.3, 0.4) is 0 Å². The van der Waals surface area contributed by atoms with Crippen LogP contribution in [0.25, 0.3) is 0 Å². The van der Waals surface area contributed by atoms with E-state index in [4.69, 9.17) is 0 Å². The molecule has 6 nitrogen and oxygen atoms in total. The zero-order valence-electron chi connectivity index (χ0n) is 11.2. The van der Waals surface area contributed by atoms with Gasteiger partial charge in [0.1, 0.15) is 0 Å². The first kappa shape index (κ1) is 13.6. The number of carbonyl (C=O) groups excluding carboxylic acids is 1. The van der Waals surface area contributed by atoms with Gasteiger partial charge in [-0.1, -0.05) is 6.08 Å². The molecule has 0 bridgehead atoms. The van der Waals surface area contributed by atoms with Crippen molar-refractivity contribution in [1.29, 1.82) is 0 Å². The number of rotatable bonds is 4. The van der Waals surface area contributed by atoms with Crippen LogP contribution in [-0.4, -0.2) is 48.5 Å². The minimum Gasteiger partial charge on any atom is -0.308 e. The summed E-state index contributed by atoms with van der Waals surface area (Å²) in [5.74, 6) is -0.131. The highest BCUT2D eigenvalue weighted by molar-refractivity contribution is 6.08. The number of aliphatic imine (C=N–C) groups is 1. The first-order chi connectivity index (χ1) is 8.99. The molecule has 0 amide bonds. The van der Waals surface area contributed by atoms with Crippen LogP contribution in [0.15, 0.2) is 27.9 Å². The van der Waals surface area contributed by atoms with Gasteiger partial charge in [-0.3, -0.25) is 19.9 Å². The highest BCUT2D eigenvalue weighted by Gasteiger charge is 2.35. The number of ketones is 1. The Morgan fingerprint density at radius 1 is 1.42 bits per heavy atom. The Labute approximate surface area is 111 Å². The number of fused-ring (bicyclic) bond motifs is 1. The Bertz CT molecular complexity index is 515. The molecule has 0 aromatic carbocycles. The molecule has 0 atom stereocenters. The van der Waals surface area contributed by atoms with Crippen molar-refractivity contribution in [3.05, 3.63) is 33.0 Å². The van der Waals surface area contributed by atoms with E-state index in [1.54, 1.807) is 6.08 Å². The summed E-state index contributed by atoms with van der Waals surface area (Å²) in [7, 11) is 3.92. The van der Waals surface area contributed by atoms with Crippen molar-refractivity contribution in [2.45, 2.75) is 19.3 Å². The molecule has 0 aliphatic heterocycles. The van der Waals surface area contributed by atoms with Crippen LogP contribution in [0.1, 0.15) is 19.3 Å². The predicted octanol–water partition coefficient (Wildman–Crippen LogP) is 1.21. The zero-order valence-corrected chi connectivity index (χ0v) is 11.2. The second kappa shape index (κ2) is 5.44. The van der Waals surface area contributed by atoms with E-state index in [0.717, 1.165) is 17.8 Å². The monoisotopic (exact) mass is 263 g/mol. The number of allylic oxidation sites excluding steroid dienone is 4. The molecule has 6 heteroatoms. The molecule has 2 rings (SSSR count). The lowest BCUT2D eigenvalue weighted by Gasteiger charge is -2.15. The van der Waals surface area contributed by atoms with Gasteiger partial charge in [0, 0.05) is 25.1 Å². The fourth-order valence-electron chi connectivity index (χ4n) is 2.35. The molecule has 0 spiro atoms. The highest BCUT2D eigenvalue weighted by Crippen LogP contribution is 2.34. The maximum absolute atomic E-state index is 11.7. The summed E-state index contributed by atoms with van der Waals surface area (Å²) in [6.45, 7) is 1.44. The van der Waals surface area contributed by atoms with Gasteiger partial charge in [-0.25, -0.2) is 0 Å². The Balaban J connectivity index is 2.21. The Morgan fingerprint density at radius 3 is 2.79 bits per heavy atom. The number of nitrogens with zero attached hydrogens (tertiary/aromatic N) is 3. The van der Waals surface area contributed by atoms with Gasteiger partial charge in [-0.15, -0.1) is 0 Å². The zero-order chi connectivity index (χ0) is 14.0. The molecule has 19 heavy (non-hydrogen) atoms. The van der Waals surface area contributed by atoms with E-state index in [1.165, 1.54) is 0 Å². The molecule has 0 saturated carbocycles. The van der Waals surface area contributed by atoms with Crippen LogP contribution >= 0.6 is 0 Å². The summed E-state index contributed by atoms with van der Waals surface area (Å²) in [5.41, 5.74) is 1.94. The summed E-state index contributed by atoms with van der Waals surface area (Å²) >= 11 is 0. The predicted molar refractivity (Wildman–Crippen MR) is 71.8 cm³/mol. The van der Waals surface area contributed by atoms with Crippen molar-refractivity contribution in [3.8, 4) is 0 Å². The number of Topliss-reactive ketones (excluding diaryl/α,β-unsaturated/α-hetero) is 1. The molecule has 2 aliphatic carbocycles. The summed E-state index contributed by atoms with van der Waals surface area (Å²) in [5, 5.41) is 11.1. The van der Waals surface area contributed by atoms with Gasteiger partial charge in [0.2, 0.25) is 0 Å². The first-order valence-corrected chi connectivity index (χ1v) is 6.26. The molecule has 102 valence electrons. The van der Waals surface area contributed by atoms with Gasteiger partial charge >= 0.3 is 0 Å². The molecular formula is C13H17N3O3. The minimum absolute atomic E-state index is 0.0172. The van der Waals surface area contributed by atoms with Crippen molar-refractivity contribution in [3.63, 3.8) is 0 Å². The van der Waals surface area contributed by atoms with E-state index in [9.17, 15) is 14.9 Å². The summed E-state index contributed by atoms with van der Waals surface area (Å²) in [4.78, 5) is 28.8. The molecule has 0 radical (unpaired) electrons. The quantitative estimate of drug-likeness (QED) is 0.564. The normalized spacial score (nSPS) is 21.1. The lowest BCUT2D eigenvalue weighted by atomic mass is 9.91. The Morgan fingerprint density at radius 2 is 2.16 bits per heavy atom. The number of nitro groups is 1. The van der Waals surface area contributed by atoms with Gasteiger partial charge in [-0.05, 0) is 19.7 Å². The van der Waals surface area contributed by atoms with Crippen LogP contribution in [-0.2, 0) is 4.79 Å². The molecule has 0 N–H and O–H groups in total. The van der Waals surface area contributed by atoms with Crippen LogP contribution in [0.4, 0.5) is 0 Å². The van der Waals surface area contributed by atoms with Gasteiger partial charge in [0.05, 0.1) is 23.5 Å². The largest absolute Gasteiger partial charge is 0.308 e. The summed E-state index contributed by atoms with van der Waals surface area (Å²) in [6.07, 6.45) is 2.85. The summed E-state index contributed by atoms with van der Waals surface area (Å²) < 4.78 is 0. The molecule has 2 aliphatic rings. The van der Waals surface area contributed by atoms with E-state index >= 15 is 0 Å². The average Bonchev–Trinajstić information content (AvgIpc) is 2.70. The van der Waals surface area contributed by atoms with E-state index in [1.807, 2.05) is 19.0 Å². The smallest absolute Gasteiger partial charge is 0.262 e. The topological polar surface area (TPSA) is 75.8 Å². The molecule has 0 heterocycles. The third kappa shape index (κ3) is 2.96. The minimum atomic E-state index is -0.437. The van der Waals surface area contributed by atoms with Crippen molar-refractivity contribution in [2.24, 2.45) is 4.99 Å². The van der Waals surface area contributed by atoms with Crippen LogP contribution in [0.2, 0.25) is 0 Å². The third-order valence-electron chi connectivity index (χ3n) is 3.29. The van der Waals surface area contributed by atoms with E-state index in [2.05, 4.69) is 4.99 Å². The fourth-order valence-corrected chi connectivity index (χ4v) is 2.35. The fraction of sp³-hybridized carbons (Fsp3) is 0.538. The molecule has 0 aromatic rings.